The maximum absolute atomic E-state index is 13.8. The lowest BCUT2D eigenvalue weighted by atomic mass is 10.0. The molecule has 6 atom stereocenters. The van der Waals surface area contributed by atoms with Crippen LogP contribution in [0.5, 0.6) is 0 Å². The van der Waals surface area contributed by atoms with E-state index in [9.17, 15) is 48.9 Å². The van der Waals surface area contributed by atoms with E-state index in [0.29, 0.717) is 0 Å². The molecule has 18 N–H and O–H groups in total. The van der Waals surface area contributed by atoms with Gasteiger partial charge in [0.1, 0.15) is 36.3 Å². The Hall–Kier alpha value is -5.25. The number of aliphatic hydroxyl groups is 1. The van der Waals surface area contributed by atoms with E-state index >= 15 is 0 Å². The molecule has 302 valence electrons. The molecule has 0 saturated heterocycles. The van der Waals surface area contributed by atoms with E-state index in [1.807, 2.05) is 0 Å². The van der Waals surface area contributed by atoms with Crippen LogP contribution in [-0.4, -0.2) is 125 Å². The van der Waals surface area contributed by atoms with Crippen molar-refractivity contribution in [2.45, 2.75) is 109 Å². The molecule has 0 aromatic carbocycles. The lowest BCUT2D eigenvalue weighted by Gasteiger charge is -2.27. The molecular formula is C31H58N12O10. The molecular weight excluding hydrogens is 700 g/mol. The second-order valence-electron chi connectivity index (χ2n) is 13.2. The molecule has 53 heavy (non-hydrogen) atoms. The highest BCUT2D eigenvalue weighted by atomic mass is 16.4. The molecule has 0 rings (SSSR count). The van der Waals surface area contributed by atoms with Gasteiger partial charge in [0.05, 0.1) is 13.0 Å². The summed E-state index contributed by atoms with van der Waals surface area (Å²) >= 11 is 0. The van der Waals surface area contributed by atoms with Crippen LogP contribution in [0.25, 0.3) is 0 Å². The Kier molecular flexibility index (Phi) is 22.4. The topological polar surface area (TPSA) is 395 Å². The molecule has 0 aliphatic rings. The summed E-state index contributed by atoms with van der Waals surface area (Å²) in [4.78, 5) is 97.3. The molecule has 0 fully saturated rings. The summed E-state index contributed by atoms with van der Waals surface area (Å²) in [6.07, 6.45) is -0.514. The van der Waals surface area contributed by atoms with Gasteiger partial charge in [0.2, 0.25) is 29.5 Å². The summed E-state index contributed by atoms with van der Waals surface area (Å²) in [6.45, 7) is 6.37. The molecule has 0 aliphatic carbocycles. The number of aliphatic hydroxyl groups excluding tert-OH is 1. The lowest BCUT2D eigenvalue weighted by Crippen LogP contribution is -2.59. The van der Waals surface area contributed by atoms with Gasteiger partial charge in [0.25, 0.3) is 0 Å². The Labute approximate surface area is 307 Å². The molecule has 0 aromatic rings. The van der Waals surface area contributed by atoms with Crippen LogP contribution in [0.1, 0.15) is 72.6 Å². The highest BCUT2D eigenvalue weighted by Gasteiger charge is 2.33. The third-order valence-electron chi connectivity index (χ3n) is 7.36. The van der Waals surface area contributed by atoms with Gasteiger partial charge in [0, 0.05) is 13.1 Å². The minimum absolute atomic E-state index is 0.00601. The Morgan fingerprint density at radius 2 is 0.925 bits per heavy atom. The number of carbonyl (C=O) groups is 7. The lowest BCUT2D eigenvalue weighted by molar-refractivity contribution is -0.143. The number of carboxylic acid groups (broad SMARTS) is 2. The Bertz CT molecular complexity index is 1300. The number of guanidine groups is 2. The van der Waals surface area contributed by atoms with E-state index in [0.717, 1.165) is 0 Å². The number of carboxylic acids is 2. The average molecular weight is 759 g/mol. The highest BCUT2D eigenvalue weighted by molar-refractivity contribution is 5.97. The monoisotopic (exact) mass is 758 g/mol. The number of hydrogen-bond acceptors (Lipinski definition) is 11. The minimum atomic E-state index is -1.68. The first kappa shape index (κ1) is 47.8. The zero-order valence-corrected chi connectivity index (χ0v) is 30.7. The number of rotatable bonds is 26. The fraction of sp³-hybridized carbons (Fsp3) is 0.710. The smallest absolute Gasteiger partial charge is 0.326 e. The molecule has 5 amide bonds. The van der Waals surface area contributed by atoms with Crippen LogP contribution >= 0.6 is 0 Å². The van der Waals surface area contributed by atoms with E-state index in [4.69, 9.17) is 28.7 Å². The fourth-order valence-electron chi connectivity index (χ4n) is 4.78. The number of nitrogens with two attached hydrogens (primary N) is 5. The Morgan fingerprint density at radius 1 is 0.566 bits per heavy atom. The molecule has 0 saturated carbocycles. The molecule has 0 unspecified atom stereocenters. The quantitative estimate of drug-likeness (QED) is 0.0225. The van der Waals surface area contributed by atoms with Crippen LogP contribution in [0.3, 0.4) is 0 Å². The zero-order valence-electron chi connectivity index (χ0n) is 30.7. The van der Waals surface area contributed by atoms with E-state index in [2.05, 4.69) is 36.6 Å². The third kappa shape index (κ3) is 21.0. The summed E-state index contributed by atoms with van der Waals surface area (Å²) in [5, 5.41) is 40.3. The number of aliphatic imine (C=N–C) groups is 2. The van der Waals surface area contributed by atoms with Gasteiger partial charge in [-0.2, -0.15) is 0 Å². The molecule has 0 spiro atoms. The van der Waals surface area contributed by atoms with E-state index < -0.39 is 90.8 Å². The van der Waals surface area contributed by atoms with Gasteiger partial charge in [-0.05, 0) is 50.4 Å². The average Bonchev–Trinajstić information content (AvgIpc) is 3.04. The zero-order chi connectivity index (χ0) is 40.8. The van der Waals surface area contributed by atoms with Gasteiger partial charge in [-0.15, -0.1) is 0 Å². The summed E-state index contributed by atoms with van der Waals surface area (Å²) < 4.78 is 0. The van der Waals surface area contributed by atoms with Crippen molar-refractivity contribution in [1.29, 1.82) is 0 Å². The number of amides is 5. The van der Waals surface area contributed by atoms with Crippen molar-refractivity contribution >= 4 is 53.4 Å². The Morgan fingerprint density at radius 3 is 1.30 bits per heavy atom. The second kappa shape index (κ2) is 24.9. The number of hydrogen-bond donors (Lipinski definition) is 13. The predicted molar refractivity (Wildman–Crippen MR) is 193 cm³/mol. The highest BCUT2D eigenvalue weighted by Crippen LogP contribution is 2.10. The second-order valence-corrected chi connectivity index (χ2v) is 13.2. The van der Waals surface area contributed by atoms with Gasteiger partial charge in [-0.3, -0.25) is 38.8 Å². The number of nitrogens with zero attached hydrogens (tertiary/aromatic N) is 2. The first-order chi connectivity index (χ1) is 24.7. The van der Waals surface area contributed by atoms with Gasteiger partial charge in [-0.1, -0.05) is 27.7 Å². The van der Waals surface area contributed by atoms with Crippen molar-refractivity contribution in [2.24, 2.45) is 50.5 Å². The third-order valence-corrected chi connectivity index (χ3v) is 7.36. The fourth-order valence-corrected chi connectivity index (χ4v) is 4.78. The normalized spacial score (nSPS) is 14.3. The van der Waals surface area contributed by atoms with Crippen LogP contribution in [0.4, 0.5) is 0 Å². The van der Waals surface area contributed by atoms with Crippen LogP contribution in [0.2, 0.25) is 0 Å². The summed E-state index contributed by atoms with van der Waals surface area (Å²) in [5.41, 5.74) is 27.1. The number of carbonyl (C=O) groups excluding carboxylic acids is 5. The van der Waals surface area contributed by atoms with E-state index in [-0.39, 0.29) is 75.4 Å². The predicted octanol–water partition coefficient (Wildman–Crippen LogP) is -4.51. The van der Waals surface area contributed by atoms with Crippen molar-refractivity contribution in [3.8, 4) is 0 Å². The van der Waals surface area contributed by atoms with E-state index in [1.165, 1.54) is 0 Å². The largest absolute Gasteiger partial charge is 0.481 e. The molecule has 22 heteroatoms. The van der Waals surface area contributed by atoms with Gasteiger partial charge < -0.3 is 70.6 Å². The molecule has 22 nitrogen and oxygen atoms in total. The van der Waals surface area contributed by atoms with Crippen molar-refractivity contribution in [3.63, 3.8) is 0 Å². The molecule has 0 aliphatic heterocycles. The van der Waals surface area contributed by atoms with Crippen molar-refractivity contribution < 1.29 is 48.9 Å². The van der Waals surface area contributed by atoms with Gasteiger partial charge in [0.15, 0.2) is 11.9 Å². The molecule has 0 heterocycles. The van der Waals surface area contributed by atoms with Crippen LogP contribution in [0, 0.1) is 11.8 Å². The van der Waals surface area contributed by atoms with E-state index in [1.54, 1.807) is 27.7 Å². The standard InChI is InChI=1S/C31H58N12O10/c1-15(2)11-20(42-28(51)21(13-23(45)46)41-24(47)17(32)14-44)27(50)40-18(7-5-9-37-30(33)34)25(48)39-19(8-6-10-38-31(35)36)26(49)43-22(29(52)53)12-16(3)4/h15-22,44H,5-14,32H2,1-4H3,(H,39,48)(H,40,50)(H,41,47)(H,42,51)(H,43,49)(H,45,46)(H,52,53)(H4,33,34,37)(H4,35,36,38)/t17-,18-,19-,20-,21-,22-/m0/s1. The van der Waals surface area contributed by atoms with Crippen molar-refractivity contribution in [3.05, 3.63) is 0 Å². The maximum Gasteiger partial charge on any atom is 0.326 e. The molecule has 0 bridgehead atoms. The summed E-state index contributed by atoms with van der Waals surface area (Å²) in [5.74, 6) is -8.03. The maximum atomic E-state index is 13.8. The minimum Gasteiger partial charge on any atom is -0.481 e. The first-order valence-electron chi connectivity index (χ1n) is 17.1. The Balaban J connectivity index is 6.45. The molecule has 0 radical (unpaired) electrons. The van der Waals surface area contributed by atoms with Crippen LogP contribution < -0.4 is 55.3 Å². The van der Waals surface area contributed by atoms with Gasteiger partial charge in [-0.25, -0.2) is 4.79 Å². The van der Waals surface area contributed by atoms with Crippen LogP contribution in [-0.2, 0) is 33.6 Å². The SMILES string of the molecule is CC(C)C[C@H](NC(=O)[C@H](CCCN=C(N)N)NC(=O)[C@H](CCCN=C(N)N)NC(=O)[C@H](CC(C)C)NC(=O)[C@H](CC(=O)O)NC(=O)[C@@H](N)CO)C(=O)O. The summed E-state index contributed by atoms with van der Waals surface area (Å²) in [6, 6.07) is -8.37. The number of aliphatic carboxylic acids is 2. The first-order valence-corrected chi connectivity index (χ1v) is 17.1. The van der Waals surface area contributed by atoms with Crippen LogP contribution in [0.15, 0.2) is 9.98 Å². The van der Waals surface area contributed by atoms with Gasteiger partial charge >= 0.3 is 11.9 Å². The number of nitrogens with one attached hydrogen (secondary N) is 5. The summed E-state index contributed by atoms with van der Waals surface area (Å²) in [7, 11) is 0. The van der Waals surface area contributed by atoms with Crippen molar-refractivity contribution in [2.75, 3.05) is 19.7 Å². The molecule has 0 aromatic heterocycles. The van der Waals surface area contributed by atoms with Crippen molar-refractivity contribution in [1.82, 2.24) is 26.6 Å².